The van der Waals surface area contributed by atoms with Crippen molar-refractivity contribution in [1.82, 2.24) is 0 Å². The van der Waals surface area contributed by atoms with E-state index < -0.39 is 0 Å². The van der Waals surface area contributed by atoms with Crippen molar-refractivity contribution in [3.8, 4) is 0 Å². The number of ether oxygens (including phenoxy) is 1. The lowest BCUT2D eigenvalue weighted by Gasteiger charge is -2.25. The maximum absolute atomic E-state index is 5.48. The molecule has 2 aromatic rings. The number of benzene rings is 2. The molecule has 1 saturated heterocycles. The topological polar surface area (TPSA) is 18.1 Å². The molecule has 0 spiro atoms. The molecule has 2 aromatic carbocycles. The molecule has 27 heavy (non-hydrogen) atoms. The Kier molecular flexibility index (Phi) is 8.33. The highest BCUT2D eigenvalue weighted by molar-refractivity contribution is 5.49. The lowest BCUT2D eigenvalue weighted by Crippen LogP contribution is -3.21. The maximum atomic E-state index is 5.48. The zero-order valence-corrected chi connectivity index (χ0v) is 16.1. The molecule has 1 fully saturated rings. The molecule has 0 aliphatic carbocycles. The minimum atomic E-state index is 0.909. The van der Waals surface area contributed by atoms with Crippen molar-refractivity contribution in [1.29, 1.82) is 0 Å². The number of morpholine rings is 1. The van der Waals surface area contributed by atoms with Gasteiger partial charge in [-0.25, -0.2) is 0 Å². The monoisotopic (exact) mass is 364 g/mol. The van der Waals surface area contributed by atoms with Crippen molar-refractivity contribution in [2.24, 2.45) is 0 Å². The van der Waals surface area contributed by atoms with Crippen LogP contribution < -0.4 is 9.80 Å². The van der Waals surface area contributed by atoms with Gasteiger partial charge in [-0.05, 0) is 23.3 Å². The number of rotatable bonds is 9. The van der Waals surface area contributed by atoms with Crippen molar-refractivity contribution in [3.63, 3.8) is 0 Å². The van der Waals surface area contributed by atoms with Crippen LogP contribution in [0.5, 0.6) is 0 Å². The molecule has 0 bridgehead atoms. The molecule has 0 radical (unpaired) electrons. The molecular weight excluding hydrogens is 332 g/mol. The van der Waals surface area contributed by atoms with Crippen molar-refractivity contribution >= 4 is 12.2 Å². The van der Waals surface area contributed by atoms with Crippen molar-refractivity contribution in [2.45, 2.75) is 0 Å². The van der Waals surface area contributed by atoms with Gasteiger partial charge < -0.3 is 14.5 Å². The summed E-state index contributed by atoms with van der Waals surface area (Å²) in [4.78, 5) is 3.28. The van der Waals surface area contributed by atoms with Gasteiger partial charge in [-0.15, -0.1) is 0 Å². The van der Waals surface area contributed by atoms with E-state index in [0.29, 0.717) is 0 Å². The van der Waals surface area contributed by atoms with E-state index in [9.17, 15) is 0 Å². The molecule has 3 heteroatoms. The highest BCUT2D eigenvalue weighted by Crippen LogP contribution is 2.00. The van der Waals surface area contributed by atoms with E-state index in [-0.39, 0.29) is 0 Å². The maximum Gasteiger partial charge on any atom is 0.127 e. The normalized spacial score (nSPS) is 15.9. The summed E-state index contributed by atoms with van der Waals surface area (Å²) in [5, 5.41) is 0. The van der Waals surface area contributed by atoms with E-state index in [0.717, 1.165) is 39.4 Å². The van der Waals surface area contributed by atoms with Gasteiger partial charge in [0, 0.05) is 0 Å². The van der Waals surface area contributed by atoms with Crippen LogP contribution in [0, 0.1) is 0 Å². The van der Waals surface area contributed by atoms with E-state index in [4.69, 9.17) is 4.74 Å². The van der Waals surface area contributed by atoms with Gasteiger partial charge in [-0.3, -0.25) is 0 Å². The third kappa shape index (κ3) is 7.51. The van der Waals surface area contributed by atoms with E-state index in [1.807, 2.05) is 0 Å². The van der Waals surface area contributed by atoms with Crippen molar-refractivity contribution in [2.75, 3.05) is 52.5 Å². The summed E-state index contributed by atoms with van der Waals surface area (Å²) in [5.74, 6) is 0. The van der Waals surface area contributed by atoms with Gasteiger partial charge >= 0.3 is 0 Å². The summed E-state index contributed by atoms with van der Waals surface area (Å²) < 4.78 is 5.48. The van der Waals surface area contributed by atoms with Crippen LogP contribution >= 0.6 is 0 Å². The first-order valence-electron chi connectivity index (χ1n) is 10.1. The Hall–Kier alpha value is -2.20. The molecule has 0 amide bonds. The SMILES string of the molecule is C(=C\c1ccccc1)/C[NH+](C/C=C/c1ccccc1)CC[NH+]1CCOCC1. The fraction of sp³-hybridized carbons (Fsp3) is 0.333. The van der Waals surface area contributed by atoms with E-state index in [1.165, 1.54) is 24.2 Å². The Morgan fingerprint density at radius 2 is 1.30 bits per heavy atom. The zero-order chi connectivity index (χ0) is 18.6. The third-order valence-electron chi connectivity index (χ3n) is 5.06. The molecule has 142 valence electrons. The smallest absolute Gasteiger partial charge is 0.127 e. The Balaban J connectivity index is 1.53. The first kappa shape index (κ1) is 19.6. The molecule has 1 aliphatic heterocycles. The molecule has 2 N–H and O–H groups in total. The second kappa shape index (κ2) is 11.5. The van der Waals surface area contributed by atoms with Crippen LogP contribution in [-0.4, -0.2) is 52.5 Å². The zero-order valence-electron chi connectivity index (χ0n) is 16.1. The van der Waals surface area contributed by atoms with Gasteiger partial charge in [0.1, 0.15) is 26.2 Å². The third-order valence-corrected chi connectivity index (χ3v) is 5.06. The van der Waals surface area contributed by atoms with Gasteiger partial charge in [0.05, 0.1) is 26.3 Å². The van der Waals surface area contributed by atoms with Gasteiger partial charge in [-0.1, -0.05) is 72.8 Å². The molecule has 3 nitrogen and oxygen atoms in total. The molecule has 1 aliphatic rings. The average Bonchev–Trinajstić information content (AvgIpc) is 2.74. The largest absolute Gasteiger partial charge is 0.370 e. The average molecular weight is 365 g/mol. The van der Waals surface area contributed by atoms with Crippen LogP contribution in [0.2, 0.25) is 0 Å². The Labute approximate surface area is 163 Å². The van der Waals surface area contributed by atoms with Crippen molar-refractivity contribution in [3.05, 3.63) is 83.9 Å². The predicted molar refractivity (Wildman–Crippen MR) is 113 cm³/mol. The minimum absolute atomic E-state index is 0.909. The molecule has 0 saturated carbocycles. The Morgan fingerprint density at radius 3 is 1.81 bits per heavy atom. The van der Waals surface area contributed by atoms with Crippen molar-refractivity contribution < 1.29 is 14.5 Å². The standard InChI is InChI=1S/C24H30N2O/c1-3-9-23(10-4-1)13-7-15-25(17-18-26-19-21-27-22-20-26)16-8-14-24-11-5-2-6-12-24/h1-14H,15-22H2/p+2/b13-7+,14-8+. The molecule has 3 rings (SSSR count). The quantitative estimate of drug-likeness (QED) is 0.685. The minimum Gasteiger partial charge on any atom is -0.370 e. The lowest BCUT2D eigenvalue weighted by molar-refractivity contribution is -0.956. The first-order chi connectivity index (χ1) is 13.4. The van der Waals surface area contributed by atoms with Gasteiger partial charge in [0.2, 0.25) is 0 Å². The second-order valence-electron chi connectivity index (χ2n) is 7.15. The number of hydrogen-bond donors (Lipinski definition) is 2. The fourth-order valence-corrected chi connectivity index (χ4v) is 3.40. The fourth-order valence-electron chi connectivity index (χ4n) is 3.40. The summed E-state index contributed by atoms with van der Waals surface area (Å²) in [5.41, 5.74) is 2.55. The first-order valence-corrected chi connectivity index (χ1v) is 10.1. The summed E-state index contributed by atoms with van der Waals surface area (Å²) in [6.07, 6.45) is 9.11. The van der Waals surface area contributed by atoms with Crippen LogP contribution in [-0.2, 0) is 4.74 Å². The molecule has 1 heterocycles. The summed E-state index contributed by atoms with van der Waals surface area (Å²) in [6, 6.07) is 21.1. The van der Waals surface area contributed by atoms with E-state index in [1.54, 1.807) is 9.80 Å². The van der Waals surface area contributed by atoms with Crippen LogP contribution in [0.25, 0.3) is 12.2 Å². The van der Waals surface area contributed by atoms with Gasteiger partial charge in [0.25, 0.3) is 0 Å². The van der Waals surface area contributed by atoms with E-state index in [2.05, 4.69) is 85.0 Å². The number of nitrogens with one attached hydrogen (secondary N) is 2. The van der Waals surface area contributed by atoms with E-state index >= 15 is 0 Å². The highest BCUT2D eigenvalue weighted by Gasteiger charge is 2.16. The van der Waals surface area contributed by atoms with Crippen LogP contribution in [0.15, 0.2) is 72.8 Å². The lowest BCUT2D eigenvalue weighted by atomic mass is 10.2. The summed E-state index contributed by atoms with van der Waals surface area (Å²) in [6.45, 7) is 8.62. The summed E-state index contributed by atoms with van der Waals surface area (Å²) in [7, 11) is 0. The molecule has 0 atom stereocenters. The Morgan fingerprint density at radius 1 is 0.778 bits per heavy atom. The van der Waals surface area contributed by atoms with Crippen LogP contribution in [0.3, 0.4) is 0 Å². The highest BCUT2D eigenvalue weighted by atomic mass is 16.5. The number of hydrogen-bond acceptors (Lipinski definition) is 1. The van der Waals surface area contributed by atoms with Gasteiger partial charge in [0.15, 0.2) is 0 Å². The van der Waals surface area contributed by atoms with Crippen LogP contribution in [0.1, 0.15) is 11.1 Å². The second-order valence-corrected chi connectivity index (χ2v) is 7.15. The summed E-state index contributed by atoms with van der Waals surface area (Å²) >= 11 is 0. The molecular formula is C24H32N2O+2. The van der Waals surface area contributed by atoms with Gasteiger partial charge in [-0.2, -0.15) is 0 Å². The molecule has 0 unspecified atom stereocenters. The van der Waals surface area contributed by atoms with Crippen LogP contribution in [0.4, 0.5) is 0 Å². The number of quaternary nitrogens is 2. The predicted octanol–water partition coefficient (Wildman–Crippen LogP) is 1.21. The Bertz CT molecular complexity index is 639. The molecule has 0 aromatic heterocycles.